The van der Waals surface area contributed by atoms with Gasteiger partial charge in [0.15, 0.2) is 5.96 Å². The minimum Gasteiger partial charge on any atom is -0.481 e. The van der Waals surface area contributed by atoms with Crippen LogP contribution in [0.15, 0.2) is 35.3 Å². The molecule has 0 spiro atoms. The van der Waals surface area contributed by atoms with Crippen LogP contribution in [0, 0.1) is 17.8 Å². The molecule has 1 aliphatic rings. The van der Waals surface area contributed by atoms with Gasteiger partial charge in [-0.2, -0.15) is 0 Å². The van der Waals surface area contributed by atoms with Crippen LogP contribution in [-0.2, 0) is 92.7 Å². The van der Waals surface area contributed by atoms with Gasteiger partial charge in [0, 0.05) is 19.5 Å². The van der Waals surface area contributed by atoms with E-state index in [0.29, 0.717) is 5.56 Å². The van der Waals surface area contributed by atoms with E-state index in [2.05, 4.69) is 58.2 Å². The Bertz CT molecular complexity index is 3500. The quantitative estimate of drug-likeness (QED) is 0.0164. The van der Waals surface area contributed by atoms with Gasteiger partial charge in [0.1, 0.15) is 85.1 Å². The number of guanidine groups is 1. The standard InChI is InChI=1S/C68H109N19O25/c1-30(2)21-38(55(100)74-27-47(93)76-39(22-31(3)4)62(107)84-52(32(5)6)65(110)82-43(26-49(96)97)60(105)80-42(25-48(94)95)61(106)83-44(29-88)56(101)75-28-50(98)99)78-58(103)40(23-36-15-11-10-12-16-36)79-59(104)41(24-46(69)92)81-63(108)45-18-14-20-87(45)67(112)54(35(9)91)86-57(102)37(17-13-19-73-68(71)72)77-66(111)53(34(8)90)85-64(109)51(70)33(7)89/h10-12,15-16,30-35,37-45,51-54,88-91H,13-14,17-29,70H2,1-9H3,(H2,69,92)(H,74,100)(H,75,101)(H,76,93)(H,77,111)(H,78,103)(H,79,104)(H,80,105)(H,81,108)(H,82,110)(H,83,106)(H,84,107)(H,85,109)(H,86,102)(H,94,95)(H,96,97)(H,98,99)(H4,71,72,73)/t33-,34-,35-,37+,38+,39+,40+,41+,42+,43+,44+,45+,51+,52+,53+,54+/m1/s1. The summed E-state index contributed by atoms with van der Waals surface area (Å²) in [4.78, 5) is 245. The molecule has 44 nitrogen and oxygen atoms in total. The Balaban J connectivity index is 2.42. The highest BCUT2D eigenvalue weighted by atomic mass is 16.4. The van der Waals surface area contributed by atoms with Gasteiger partial charge in [-0.25, -0.2) is 0 Å². The van der Waals surface area contributed by atoms with Crippen LogP contribution in [0.5, 0.6) is 0 Å². The third kappa shape index (κ3) is 34.3. The van der Waals surface area contributed by atoms with Crippen LogP contribution in [0.1, 0.15) is 126 Å². The number of carboxylic acids is 3. The molecule has 1 aliphatic heterocycles. The van der Waals surface area contributed by atoms with Crippen molar-refractivity contribution in [1.29, 1.82) is 0 Å². The number of nitrogens with zero attached hydrogens (tertiary/aromatic N) is 2. The molecular weight excluding hydrogens is 1480 g/mol. The number of amides is 15. The number of nitrogens with one attached hydrogen (secondary N) is 13. The summed E-state index contributed by atoms with van der Waals surface area (Å²) >= 11 is 0. The number of carbonyl (C=O) groups is 18. The summed E-state index contributed by atoms with van der Waals surface area (Å²) in [7, 11) is 0. The molecule has 112 heavy (non-hydrogen) atoms. The highest BCUT2D eigenvalue weighted by Crippen LogP contribution is 2.21. The largest absolute Gasteiger partial charge is 0.481 e. The number of hydrogen-bond donors (Lipinski definition) is 24. The van der Waals surface area contributed by atoms with Gasteiger partial charge in [0.25, 0.3) is 0 Å². The monoisotopic (exact) mass is 1590 g/mol. The van der Waals surface area contributed by atoms with E-state index in [1.54, 1.807) is 58.0 Å². The van der Waals surface area contributed by atoms with Crippen LogP contribution < -0.4 is 92.1 Å². The molecule has 0 radical (unpaired) electrons. The molecule has 0 aromatic heterocycles. The molecule has 0 bridgehead atoms. The second kappa shape index (κ2) is 47.7. The topological polar surface area (TPSA) is 725 Å². The lowest BCUT2D eigenvalue weighted by Gasteiger charge is -2.32. The average molecular weight is 1590 g/mol. The third-order valence-electron chi connectivity index (χ3n) is 16.9. The Morgan fingerprint density at radius 3 is 1.40 bits per heavy atom. The van der Waals surface area contributed by atoms with E-state index in [1.807, 2.05) is 16.0 Å². The molecule has 2 rings (SSSR count). The maximum absolute atomic E-state index is 14.6. The first-order chi connectivity index (χ1) is 52.3. The zero-order chi connectivity index (χ0) is 85.1. The van der Waals surface area contributed by atoms with Gasteiger partial charge in [-0.15, -0.1) is 0 Å². The number of nitrogens with two attached hydrogens (primary N) is 4. The molecule has 1 aromatic carbocycles. The van der Waals surface area contributed by atoms with E-state index in [-0.39, 0.29) is 75.8 Å². The van der Waals surface area contributed by atoms with Gasteiger partial charge in [0.2, 0.25) is 88.6 Å². The van der Waals surface area contributed by atoms with Gasteiger partial charge in [-0.3, -0.25) is 91.3 Å². The number of aliphatic imine (C=N–C) groups is 1. The van der Waals surface area contributed by atoms with E-state index in [0.717, 1.165) is 18.7 Å². The number of likely N-dealkylation sites (tertiary alicyclic amines) is 1. The number of carbonyl (C=O) groups excluding carboxylic acids is 15. The number of aliphatic hydroxyl groups excluding tert-OH is 4. The molecule has 1 saturated heterocycles. The summed E-state index contributed by atoms with van der Waals surface area (Å²) in [6.07, 6.45) is -8.61. The molecule has 15 amide bonds. The molecule has 0 saturated carbocycles. The Labute approximate surface area is 644 Å². The molecule has 28 N–H and O–H groups in total. The van der Waals surface area contributed by atoms with Crippen molar-refractivity contribution in [2.45, 2.75) is 223 Å². The van der Waals surface area contributed by atoms with E-state index >= 15 is 0 Å². The molecule has 44 heteroatoms. The molecule has 1 fully saturated rings. The highest BCUT2D eigenvalue weighted by molar-refractivity contribution is 6.02. The minimum atomic E-state index is -2.10. The number of aliphatic hydroxyl groups is 4. The number of aliphatic carboxylic acids is 3. The van der Waals surface area contributed by atoms with Crippen LogP contribution in [0.25, 0.3) is 0 Å². The van der Waals surface area contributed by atoms with Crippen molar-refractivity contribution in [2.24, 2.45) is 45.7 Å². The second-order valence-electron chi connectivity index (χ2n) is 28.0. The fourth-order valence-corrected chi connectivity index (χ4v) is 11.1. The lowest BCUT2D eigenvalue weighted by atomic mass is 9.99. The van der Waals surface area contributed by atoms with Crippen LogP contribution in [0.2, 0.25) is 0 Å². The van der Waals surface area contributed by atoms with E-state index in [9.17, 15) is 117 Å². The van der Waals surface area contributed by atoms with Crippen molar-refractivity contribution in [3.05, 3.63) is 35.9 Å². The highest BCUT2D eigenvalue weighted by Gasteiger charge is 2.43. The van der Waals surface area contributed by atoms with Gasteiger partial charge in [-0.05, 0) is 82.6 Å². The van der Waals surface area contributed by atoms with Gasteiger partial charge in [0.05, 0.1) is 50.7 Å². The molecule has 0 unspecified atom stereocenters. The van der Waals surface area contributed by atoms with Gasteiger partial charge in [-0.1, -0.05) is 71.9 Å². The molecule has 16 atom stereocenters. The number of benzene rings is 1. The van der Waals surface area contributed by atoms with Crippen molar-refractivity contribution < 1.29 is 122 Å². The Hall–Kier alpha value is -11.2. The maximum Gasteiger partial charge on any atom is 0.322 e. The fourth-order valence-electron chi connectivity index (χ4n) is 11.1. The van der Waals surface area contributed by atoms with Crippen molar-refractivity contribution >= 4 is 112 Å². The van der Waals surface area contributed by atoms with Crippen molar-refractivity contribution in [3.8, 4) is 0 Å². The average Bonchev–Trinajstić information content (AvgIpc) is 1.63. The zero-order valence-electron chi connectivity index (χ0n) is 63.6. The summed E-state index contributed by atoms with van der Waals surface area (Å²) in [6, 6.07) is -14.1. The van der Waals surface area contributed by atoms with Crippen LogP contribution >= 0.6 is 0 Å². The number of primary amides is 1. The molecule has 0 aliphatic carbocycles. The van der Waals surface area contributed by atoms with Crippen molar-refractivity contribution in [2.75, 3.05) is 32.8 Å². The number of rotatable bonds is 49. The summed E-state index contributed by atoms with van der Waals surface area (Å²) in [5.74, 6) is -23.6. The first-order valence-electron chi connectivity index (χ1n) is 35.9. The Morgan fingerprint density at radius 1 is 0.473 bits per heavy atom. The van der Waals surface area contributed by atoms with Crippen molar-refractivity contribution in [3.63, 3.8) is 0 Å². The summed E-state index contributed by atoms with van der Waals surface area (Å²) in [5, 5.41) is 98.9. The minimum absolute atomic E-state index is 0.0128. The van der Waals surface area contributed by atoms with Crippen LogP contribution in [0.4, 0.5) is 0 Å². The van der Waals surface area contributed by atoms with Gasteiger partial charge < -0.3 is 133 Å². The summed E-state index contributed by atoms with van der Waals surface area (Å²) < 4.78 is 0. The van der Waals surface area contributed by atoms with E-state index in [4.69, 9.17) is 28.0 Å². The van der Waals surface area contributed by atoms with Crippen molar-refractivity contribution in [1.82, 2.24) is 74.0 Å². The van der Waals surface area contributed by atoms with Crippen LogP contribution in [0.3, 0.4) is 0 Å². The first-order valence-corrected chi connectivity index (χ1v) is 35.9. The van der Waals surface area contributed by atoms with E-state index in [1.165, 1.54) is 20.8 Å². The van der Waals surface area contributed by atoms with E-state index < -0.39 is 248 Å². The second-order valence-corrected chi connectivity index (χ2v) is 28.0. The Morgan fingerprint density at radius 2 is 0.911 bits per heavy atom. The third-order valence-corrected chi connectivity index (χ3v) is 16.9. The summed E-state index contributed by atoms with van der Waals surface area (Å²) in [6.45, 7) is 9.91. The number of carboxylic acid groups (broad SMARTS) is 3. The fraction of sp³-hybridized carbons (Fsp3) is 0.632. The lowest BCUT2D eigenvalue weighted by Crippen LogP contribution is -2.62. The predicted octanol–water partition coefficient (Wildman–Crippen LogP) is -10.0. The predicted molar refractivity (Wildman–Crippen MR) is 392 cm³/mol. The smallest absolute Gasteiger partial charge is 0.322 e. The summed E-state index contributed by atoms with van der Waals surface area (Å²) in [5.41, 5.74) is 22.7. The number of hydrogen-bond acceptors (Lipinski definition) is 24. The molecule has 626 valence electrons. The van der Waals surface area contributed by atoms with Gasteiger partial charge >= 0.3 is 17.9 Å². The maximum atomic E-state index is 14.6. The first kappa shape index (κ1) is 96.8. The molecule has 1 heterocycles. The lowest BCUT2D eigenvalue weighted by molar-refractivity contribution is -0.145. The van der Waals surface area contributed by atoms with Crippen LogP contribution in [-0.4, -0.2) is 283 Å². The molecule has 1 aromatic rings. The zero-order valence-corrected chi connectivity index (χ0v) is 63.6. The Kier molecular flexibility index (Phi) is 41.3. The molecular formula is C68H109N19O25. The SMILES string of the molecule is CC(C)C[C@H](NC(=O)CNC(=O)[C@H](CC(C)C)NC(=O)[C@H](Cc1ccccc1)NC(=O)[C@H](CC(N)=O)NC(=O)[C@@H]1CCCN1C(=O)[C@@H](NC(=O)[C@H](CCCN=C(N)N)NC(=O)[C@@H](NC(=O)[C@@H](N)[C@@H](C)O)[C@@H](C)O)[C@@H](C)O)C(=O)N[C@H](C(=O)N[C@@H](CC(=O)O)C(=O)N[C@@H](CC(=O)O)C(=O)N[C@@H](CO)C(=O)NCC(=O)O)C(C)C. The normalized spacial score (nSPS) is 16.5.